The zero-order valence-corrected chi connectivity index (χ0v) is 9.08. The number of ether oxygens (including phenoxy) is 1. The molecule has 3 nitrogen and oxygen atoms in total. The quantitative estimate of drug-likeness (QED) is 0.718. The number of fused-ring (bicyclic) bond motifs is 3. The maximum Gasteiger partial charge on any atom is 0.142 e. The van der Waals surface area contributed by atoms with Crippen LogP contribution in [0.15, 0.2) is 18.2 Å². The van der Waals surface area contributed by atoms with Gasteiger partial charge in [0, 0.05) is 38.2 Å². The average Bonchev–Trinajstić information content (AvgIpc) is 2.48. The summed E-state index contributed by atoms with van der Waals surface area (Å²) < 4.78 is 18.9. The van der Waals surface area contributed by atoms with E-state index in [9.17, 15) is 4.39 Å². The van der Waals surface area contributed by atoms with Crippen LogP contribution in [0.2, 0.25) is 0 Å². The van der Waals surface area contributed by atoms with Gasteiger partial charge in [0.05, 0.1) is 12.3 Å². The van der Waals surface area contributed by atoms with E-state index in [1.165, 1.54) is 6.07 Å². The minimum Gasteiger partial charge on any atom is -0.491 e. The standard InChI is InChI=1S/C12H15FN2O/c13-9-1-2-12-11(7-9)15-5-4-14-8-10(15)3-6-16-12/h1-2,7,10,14H,3-6,8H2/t10-/m1/s1. The van der Waals surface area contributed by atoms with Crippen molar-refractivity contribution in [2.45, 2.75) is 12.5 Å². The summed E-state index contributed by atoms with van der Waals surface area (Å²) in [5.74, 6) is 0.618. The van der Waals surface area contributed by atoms with Crippen molar-refractivity contribution in [1.82, 2.24) is 5.32 Å². The van der Waals surface area contributed by atoms with Gasteiger partial charge in [0.15, 0.2) is 0 Å². The van der Waals surface area contributed by atoms with Crippen LogP contribution in [-0.4, -0.2) is 32.3 Å². The van der Waals surface area contributed by atoms with Crippen molar-refractivity contribution >= 4 is 5.69 Å². The predicted octanol–water partition coefficient (Wildman–Crippen LogP) is 1.39. The van der Waals surface area contributed by atoms with Gasteiger partial charge in [-0.1, -0.05) is 0 Å². The van der Waals surface area contributed by atoms with Crippen LogP contribution in [0.4, 0.5) is 10.1 Å². The molecule has 86 valence electrons. The van der Waals surface area contributed by atoms with Crippen LogP contribution in [-0.2, 0) is 0 Å². The Balaban J connectivity index is 2.02. The molecular weight excluding hydrogens is 207 g/mol. The van der Waals surface area contributed by atoms with Crippen LogP contribution < -0.4 is 15.0 Å². The molecule has 2 aliphatic rings. The van der Waals surface area contributed by atoms with Crippen molar-refractivity contribution in [3.63, 3.8) is 0 Å². The van der Waals surface area contributed by atoms with E-state index in [0.717, 1.165) is 37.5 Å². The monoisotopic (exact) mass is 222 g/mol. The smallest absolute Gasteiger partial charge is 0.142 e. The number of nitrogens with one attached hydrogen (secondary N) is 1. The molecule has 0 amide bonds. The van der Waals surface area contributed by atoms with Crippen molar-refractivity contribution in [3.8, 4) is 5.75 Å². The maximum absolute atomic E-state index is 13.3. The summed E-state index contributed by atoms with van der Waals surface area (Å²) in [5, 5.41) is 3.37. The molecule has 4 heteroatoms. The van der Waals surface area contributed by atoms with E-state index in [1.807, 2.05) is 0 Å². The summed E-state index contributed by atoms with van der Waals surface area (Å²) in [6, 6.07) is 5.20. The third-order valence-electron chi connectivity index (χ3n) is 3.29. The normalized spacial score (nSPS) is 24.1. The van der Waals surface area contributed by atoms with Gasteiger partial charge in [-0.15, -0.1) is 0 Å². The SMILES string of the molecule is Fc1ccc2c(c1)N1CCNC[C@H]1CCO2. The van der Waals surface area contributed by atoms with Crippen LogP contribution >= 0.6 is 0 Å². The van der Waals surface area contributed by atoms with Crippen LogP contribution in [0.3, 0.4) is 0 Å². The molecule has 1 atom stereocenters. The topological polar surface area (TPSA) is 24.5 Å². The first kappa shape index (κ1) is 9.90. The fraction of sp³-hybridized carbons (Fsp3) is 0.500. The molecule has 0 bridgehead atoms. The van der Waals surface area contributed by atoms with Crippen LogP contribution in [0.25, 0.3) is 0 Å². The van der Waals surface area contributed by atoms with Gasteiger partial charge in [0.25, 0.3) is 0 Å². The van der Waals surface area contributed by atoms with Gasteiger partial charge in [-0.2, -0.15) is 0 Å². The van der Waals surface area contributed by atoms with Gasteiger partial charge < -0.3 is 15.0 Å². The summed E-state index contributed by atoms with van der Waals surface area (Å²) in [5.41, 5.74) is 0.906. The molecule has 0 aliphatic carbocycles. The summed E-state index contributed by atoms with van der Waals surface area (Å²) in [7, 11) is 0. The number of piperazine rings is 1. The Morgan fingerprint density at radius 3 is 3.31 bits per heavy atom. The Morgan fingerprint density at radius 2 is 2.38 bits per heavy atom. The fourth-order valence-electron chi connectivity index (χ4n) is 2.48. The summed E-state index contributed by atoms with van der Waals surface area (Å²) in [6.07, 6.45) is 0.989. The second kappa shape index (κ2) is 3.94. The van der Waals surface area contributed by atoms with Gasteiger partial charge in [0.1, 0.15) is 11.6 Å². The van der Waals surface area contributed by atoms with E-state index in [0.29, 0.717) is 12.6 Å². The molecule has 1 aromatic carbocycles. The first-order valence-corrected chi connectivity index (χ1v) is 5.74. The van der Waals surface area contributed by atoms with Crippen LogP contribution in [0.5, 0.6) is 5.75 Å². The first-order valence-electron chi connectivity index (χ1n) is 5.74. The number of anilines is 1. The van der Waals surface area contributed by atoms with Gasteiger partial charge in [0.2, 0.25) is 0 Å². The highest BCUT2D eigenvalue weighted by atomic mass is 19.1. The largest absolute Gasteiger partial charge is 0.491 e. The van der Waals surface area contributed by atoms with E-state index >= 15 is 0 Å². The Bertz CT molecular complexity index is 397. The van der Waals surface area contributed by atoms with Gasteiger partial charge >= 0.3 is 0 Å². The molecule has 3 rings (SSSR count). The summed E-state index contributed by atoms with van der Waals surface area (Å²) in [6.45, 7) is 3.54. The molecule has 2 aliphatic heterocycles. The molecule has 0 aromatic heterocycles. The van der Waals surface area contributed by atoms with Crippen molar-refractivity contribution in [3.05, 3.63) is 24.0 Å². The number of benzene rings is 1. The molecule has 0 spiro atoms. The fourth-order valence-corrected chi connectivity index (χ4v) is 2.48. The molecule has 2 heterocycles. The van der Waals surface area contributed by atoms with E-state index in [1.54, 1.807) is 12.1 Å². The predicted molar refractivity (Wildman–Crippen MR) is 60.5 cm³/mol. The second-order valence-corrected chi connectivity index (χ2v) is 4.30. The van der Waals surface area contributed by atoms with Gasteiger partial charge in [-0.25, -0.2) is 4.39 Å². The zero-order chi connectivity index (χ0) is 11.0. The van der Waals surface area contributed by atoms with Gasteiger partial charge in [-0.3, -0.25) is 0 Å². The van der Waals surface area contributed by atoms with Crippen LogP contribution in [0, 0.1) is 5.82 Å². The Morgan fingerprint density at radius 1 is 1.44 bits per heavy atom. The lowest BCUT2D eigenvalue weighted by Gasteiger charge is -2.36. The number of nitrogens with zero attached hydrogens (tertiary/aromatic N) is 1. The van der Waals surface area contributed by atoms with Crippen molar-refractivity contribution in [2.75, 3.05) is 31.1 Å². The lowest BCUT2D eigenvalue weighted by Crippen LogP contribution is -2.51. The molecule has 1 N–H and O–H groups in total. The molecule has 1 aromatic rings. The molecular formula is C12H15FN2O. The van der Waals surface area contributed by atoms with Crippen molar-refractivity contribution < 1.29 is 9.13 Å². The van der Waals surface area contributed by atoms with Crippen LogP contribution in [0.1, 0.15) is 6.42 Å². The van der Waals surface area contributed by atoms with Crippen molar-refractivity contribution in [1.29, 1.82) is 0 Å². The Hall–Kier alpha value is -1.29. The Kier molecular flexibility index (Phi) is 2.44. The first-order chi connectivity index (χ1) is 7.84. The van der Waals surface area contributed by atoms with Gasteiger partial charge in [-0.05, 0) is 12.1 Å². The zero-order valence-electron chi connectivity index (χ0n) is 9.08. The minimum atomic E-state index is -0.193. The summed E-state index contributed by atoms with van der Waals surface area (Å²) >= 11 is 0. The number of rotatable bonds is 0. The maximum atomic E-state index is 13.3. The molecule has 0 radical (unpaired) electrons. The second-order valence-electron chi connectivity index (χ2n) is 4.30. The van der Waals surface area contributed by atoms with E-state index in [-0.39, 0.29) is 5.82 Å². The molecule has 1 fully saturated rings. The highest BCUT2D eigenvalue weighted by molar-refractivity contribution is 5.60. The minimum absolute atomic E-state index is 0.193. The average molecular weight is 222 g/mol. The molecule has 1 saturated heterocycles. The lowest BCUT2D eigenvalue weighted by atomic mass is 10.1. The Labute approximate surface area is 94.2 Å². The number of hydrogen-bond acceptors (Lipinski definition) is 3. The highest BCUT2D eigenvalue weighted by Crippen LogP contribution is 2.34. The third-order valence-corrected chi connectivity index (χ3v) is 3.29. The number of halogens is 1. The third kappa shape index (κ3) is 1.63. The highest BCUT2D eigenvalue weighted by Gasteiger charge is 2.27. The van der Waals surface area contributed by atoms with Crippen molar-refractivity contribution in [2.24, 2.45) is 0 Å². The van der Waals surface area contributed by atoms with E-state index < -0.39 is 0 Å². The van der Waals surface area contributed by atoms with E-state index in [4.69, 9.17) is 4.74 Å². The van der Waals surface area contributed by atoms with E-state index in [2.05, 4.69) is 10.2 Å². The summed E-state index contributed by atoms with van der Waals surface area (Å²) in [4.78, 5) is 2.27. The number of hydrogen-bond donors (Lipinski definition) is 1. The lowest BCUT2D eigenvalue weighted by molar-refractivity contribution is 0.303. The molecule has 0 unspecified atom stereocenters. The molecule has 16 heavy (non-hydrogen) atoms. The molecule has 0 saturated carbocycles.